The van der Waals surface area contributed by atoms with Crippen LogP contribution in [0.25, 0.3) is 0 Å². The zero-order valence-electron chi connectivity index (χ0n) is 13.0. The summed E-state index contributed by atoms with van der Waals surface area (Å²) in [5.74, 6) is 0.201. The molecule has 0 aliphatic heterocycles. The molecule has 7 nitrogen and oxygen atoms in total. The predicted molar refractivity (Wildman–Crippen MR) is 87.6 cm³/mol. The number of rotatable bonds is 5. The topological polar surface area (TPSA) is 91.0 Å². The van der Waals surface area contributed by atoms with Crippen LogP contribution in [-0.2, 0) is 22.7 Å². The van der Waals surface area contributed by atoms with Gasteiger partial charge in [-0.2, -0.15) is 0 Å². The summed E-state index contributed by atoms with van der Waals surface area (Å²) in [6.07, 6.45) is -0.779. The summed E-state index contributed by atoms with van der Waals surface area (Å²) in [7, 11) is 0. The van der Waals surface area contributed by atoms with Crippen molar-refractivity contribution in [3.63, 3.8) is 0 Å². The van der Waals surface area contributed by atoms with Crippen molar-refractivity contribution in [2.75, 3.05) is 0 Å². The van der Waals surface area contributed by atoms with Crippen LogP contribution in [0, 0.1) is 10.1 Å². The van der Waals surface area contributed by atoms with Crippen LogP contribution in [0.15, 0.2) is 59.6 Å². The first-order chi connectivity index (χ1) is 11.5. The second-order valence-corrected chi connectivity index (χ2v) is 4.88. The Kier molecular flexibility index (Phi) is 6.01. The quantitative estimate of drug-likeness (QED) is 0.360. The molecule has 2 aromatic carbocycles. The van der Waals surface area contributed by atoms with Crippen LogP contribution in [0.3, 0.4) is 0 Å². The van der Waals surface area contributed by atoms with E-state index in [0.717, 1.165) is 5.56 Å². The predicted octanol–water partition coefficient (Wildman–Crippen LogP) is 3.87. The number of hydrogen-bond acceptors (Lipinski definition) is 5. The normalized spacial score (nSPS) is 11.0. The van der Waals surface area contributed by atoms with Crippen molar-refractivity contribution in [1.82, 2.24) is 0 Å². The van der Waals surface area contributed by atoms with Gasteiger partial charge < -0.3 is 9.47 Å². The first-order valence-corrected chi connectivity index (χ1v) is 7.16. The molecule has 0 aliphatic carbocycles. The second kappa shape index (κ2) is 8.42. The molecule has 0 radical (unpaired) electrons. The standard InChI is InChI=1S/C17H16N2O5/c1-13(23-11-14-5-3-2-4-6-14)18-17(20)24-12-15-7-9-16(10-8-15)19(21)22/h2-10H,11-12H2,1H3/b18-13+. The lowest BCUT2D eigenvalue weighted by Crippen LogP contribution is -2.06. The van der Waals surface area contributed by atoms with Crippen LogP contribution >= 0.6 is 0 Å². The van der Waals surface area contributed by atoms with Gasteiger partial charge in [0.2, 0.25) is 0 Å². The number of hydrogen-bond donors (Lipinski definition) is 0. The fourth-order valence-corrected chi connectivity index (χ4v) is 1.81. The Balaban J connectivity index is 1.80. The van der Waals surface area contributed by atoms with Gasteiger partial charge in [0.15, 0.2) is 5.90 Å². The molecule has 0 heterocycles. The molecule has 0 bridgehead atoms. The van der Waals surface area contributed by atoms with Gasteiger partial charge in [-0.25, -0.2) is 4.79 Å². The number of nitro benzene ring substituents is 1. The molecule has 2 rings (SSSR count). The van der Waals surface area contributed by atoms with Crippen LogP contribution in [-0.4, -0.2) is 16.9 Å². The third-order valence-electron chi connectivity index (χ3n) is 3.05. The highest BCUT2D eigenvalue weighted by atomic mass is 16.6. The van der Waals surface area contributed by atoms with Crippen molar-refractivity contribution in [1.29, 1.82) is 0 Å². The van der Waals surface area contributed by atoms with E-state index in [-0.39, 0.29) is 18.2 Å². The van der Waals surface area contributed by atoms with Gasteiger partial charge in [0, 0.05) is 19.1 Å². The van der Waals surface area contributed by atoms with E-state index in [9.17, 15) is 14.9 Å². The Morgan fingerprint density at radius 3 is 2.21 bits per heavy atom. The highest BCUT2D eigenvalue weighted by Gasteiger charge is 2.06. The van der Waals surface area contributed by atoms with Crippen molar-refractivity contribution in [3.05, 3.63) is 75.8 Å². The smallest absolute Gasteiger partial charge is 0.436 e. The molecule has 2 aromatic rings. The minimum atomic E-state index is -0.779. The molecule has 0 saturated carbocycles. The molecule has 0 saturated heterocycles. The van der Waals surface area contributed by atoms with Gasteiger partial charge in [0.05, 0.1) is 4.92 Å². The molecule has 0 N–H and O–H groups in total. The molecule has 124 valence electrons. The molecular weight excluding hydrogens is 312 g/mol. The van der Waals surface area contributed by atoms with E-state index in [1.807, 2.05) is 30.3 Å². The van der Waals surface area contributed by atoms with Gasteiger partial charge in [0.25, 0.3) is 5.69 Å². The zero-order chi connectivity index (χ0) is 17.4. The number of amides is 1. The molecule has 0 aromatic heterocycles. The maximum atomic E-state index is 11.6. The minimum Gasteiger partial charge on any atom is -0.476 e. The molecular formula is C17H16N2O5. The van der Waals surface area contributed by atoms with E-state index >= 15 is 0 Å². The van der Waals surface area contributed by atoms with Crippen LogP contribution in [0.5, 0.6) is 0 Å². The lowest BCUT2D eigenvalue weighted by Gasteiger charge is -2.05. The molecule has 0 unspecified atom stereocenters. The van der Waals surface area contributed by atoms with Crippen LogP contribution < -0.4 is 0 Å². The van der Waals surface area contributed by atoms with Gasteiger partial charge in [-0.15, -0.1) is 4.99 Å². The number of aliphatic imine (C=N–C) groups is 1. The number of nitro groups is 1. The molecule has 7 heteroatoms. The van der Waals surface area contributed by atoms with Crippen molar-refractivity contribution in [3.8, 4) is 0 Å². The van der Waals surface area contributed by atoms with Crippen LogP contribution in [0.1, 0.15) is 18.1 Å². The van der Waals surface area contributed by atoms with Crippen molar-refractivity contribution in [2.24, 2.45) is 4.99 Å². The second-order valence-electron chi connectivity index (χ2n) is 4.88. The van der Waals surface area contributed by atoms with Crippen molar-refractivity contribution >= 4 is 17.7 Å². The van der Waals surface area contributed by atoms with E-state index in [1.165, 1.54) is 24.3 Å². The van der Waals surface area contributed by atoms with E-state index < -0.39 is 11.0 Å². The summed E-state index contributed by atoms with van der Waals surface area (Å²) < 4.78 is 10.3. The molecule has 1 amide bonds. The van der Waals surface area contributed by atoms with E-state index in [0.29, 0.717) is 12.2 Å². The first-order valence-electron chi connectivity index (χ1n) is 7.16. The summed E-state index contributed by atoms with van der Waals surface area (Å²) in [5, 5.41) is 10.6. The monoisotopic (exact) mass is 328 g/mol. The Morgan fingerprint density at radius 2 is 1.58 bits per heavy atom. The maximum absolute atomic E-state index is 11.6. The largest absolute Gasteiger partial charge is 0.476 e. The fraction of sp³-hybridized carbons (Fsp3) is 0.176. The van der Waals surface area contributed by atoms with Gasteiger partial charge in [0.1, 0.15) is 13.2 Å². The lowest BCUT2D eigenvalue weighted by molar-refractivity contribution is -0.384. The molecule has 0 fully saturated rings. The first kappa shape index (κ1) is 17.1. The number of ether oxygens (including phenoxy) is 2. The molecule has 0 atom stereocenters. The van der Waals surface area contributed by atoms with Crippen molar-refractivity contribution < 1.29 is 19.2 Å². The number of non-ortho nitro benzene ring substituents is 1. The zero-order valence-corrected chi connectivity index (χ0v) is 13.0. The van der Waals surface area contributed by atoms with E-state index in [1.54, 1.807) is 6.92 Å². The summed E-state index contributed by atoms with van der Waals surface area (Å²) in [4.78, 5) is 25.4. The third-order valence-corrected chi connectivity index (χ3v) is 3.05. The number of nitrogens with zero attached hydrogens (tertiary/aromatic N) is 2. The lowest BCUT2D eigenvalue weighted by atomic mass is 10.2. The fourth-order valence-electron chi connectivity index (χ4n) is 1.81. The SMILES string of the molecule is C/C(=N\C(=O)OCc1ccc([N+](=O)[O-])cc1)OCc1ccccc1. The Bertz CT molecular complexity index is 726. The summed E-state index contributed by atoms with van der Waals surface area (Å²) >= 11 is 0. The minimum absolute atomic E-state index is 0.0201. The summed E-state index contributed by atoms with van der Waals surface area (Å²) in [5.41, 5.74) is 1.58. The Morgan fingerprint density at radius 1 is 1.00 bits per heavy atom. The van der Waals surface area contributed by atoms with Gasteiger partial charge in [-0.1, -0.05) is 30.3 Å². The van der Waals surface area contributed by atoms with Gasteiger partial charge >= 0.3 is 6.09 Å². The third kappa shape index (κ3) is 5.53. The molecule has 0 aliphatic rings. The van der Waals surface area contributed by atoms with Crippen LogP contribution in [0.4, 0.5) is 10.5 Å². The van der Waals surface area contributed by atoms with Gasteiger partial charge in [-0.3, -0.25) is 10.1 Å². The average molecular weight is 328 g/mol. The Labute approximate surface area is 138 Å². The molecule has 24 heavy (non-hydrogen) atoms. The number of carbonyl (C=O) groups is 1. The number of benzene rings is 2. The van der Waals surface area contributed by atoms with Gasteiger partial charge in [-0.05, 0) is 23.3 Å². The number of carbonyl (C=O) groups excluding carboxylic acids is 1. The summed E-state index contributed by atoms with van der Waals surface area (Å²) in [6, 6.07) is 15.2. The van der Waals surface area contributed by atoms with Crippen molar-refractivity contribution in [2.45, 2.75) is 20.1 Å². The average Bonchev–Trinajstić information content (AvgIpc) is 2.59. The highest BCUT2D eigenvalue weighted by molar-refractivity contribution is 5.86. The van der Waals surface area contributed by atoms with Crippen LogP contribution in [0.2, 0.25) is 0 Å². The summed E-state index contributed by atoms with van der Waals surface area (Å²) in [6.45, 7) is 1.86. The maximum Gasteiger partial charge on any atom is 0.436 e. The highest BCUT2D eigenvalue weighted by Crippen LogP contribution is 2.12. The molecule has 0 spiro atoms. The van der Waals surface area contributed by atoms with E-state index in [2.05, 4.69) is 4.99 Å². The van der Waals surface area contributed by atoms with E-state index in [4.69, 9.17) is 9.47 Å². The Hall–Kier alpha value is -3.22.